The molecule has 0 amide bonds. The van der Waals surface area contributed by atoms with Crippen LogP contribution in [0.4, 0.5) is 0 Å². The van der Waals surface area contributed by atoms with Crippen molar-refractivity contribution in [3.8, 4) is 5.75 Å². The number of rotatable bonds is 6. The fourth-order valence-electron chi connectivity index (χ4n) is 3.11. The maximum atomic E-state index is 12.9. The average molecular weight is 441 g/mol. The van der Waals surface area contributed by atoms with Crippen molar-refractivity contribution in [1.82, 2.24) is 29.0 Å². The molecule has 0 spiro atoms. The Kier molecular flexibility index (Phi) is 6.42. The van der Waals surface area contributed by atoms with E-state index in [0.717, 1.165) is 0 Å². The monoisotopic (exact) mass is 440 g/mol. The highest BCUT2D eigenvalue weighted by Gasteiger charge is 2.29. The summed E-state index contributed by atoms with van der Waals surface area (Å²) in [6.07, 6.45) is 0. The van der Waals surface area contributed by atoms with Crippen LogP contribution in [0.25, 0.3) is 0 Å². The van der Waals surface area contributed by atoms with E-state index < -0.39 is 10.0 Å². The minimum absolute atomic E-state index is 0.236. The van der Waals surface area contributed by atoms with Crippen molar-refractivity contribution in [2.75, 3.05) is 32.8 Å². The first-order valence-electron chi connectivity index (χ1n) is 9.61. The number of nitrogens with zero attached hydrogens (tertiary/aromatic N) is 6. The largest absolute Gasteiger partial charge is 0.494 e. The molecule has 0 aliphatic carbocycles. The highest BCUT2D eigenvalue weighted by molar-refractivity contribution is 7.89. The van der Waals surface area contributed by atoms with Gasteiger partial charge in [-0.05, 0) is 74.6 Å². The molecule has 11 heteroatoms. The van der Waals surface area contributed by atoms with Crippen molar-refractivity contribution in [1.29, 1.82) is 0 Å². The molecule has 0 N–H and O–H groups in total. The van der Waals surface area contributed by atoms with E-state index in [1.54, 1.807) is 33.6 Å². The zero-order chi connectivity index (χ0) is 21.2. The first-order chi connectivity index (χ1) is 13.6. The molecule has 0 unspecified atom stereocenters. The molecule has 29 heavy (non-hydrogen) atoms. The van der Waals surface area contributed by atoms with Crippen LogP contribution in [0.2, 0.25) is 0 Å². The van der Waals surface area contributed by atoms with Crippen LogP contribution in [0.5, 0.6) is 5.75 Å². The third-order valence-electron chi connectivity index (χ3n) is 4.71. The summed E-state index contributed by atoms with van der Waals surface area (Å²) in [4.78, 5) is 2.41. The Morgan fingerprint density at radius 2 is 1.69 bits per heavy atom. The number of ether oxygens (including phenoxy) is 1. The van der Waals surface area contributed by atoms with Gasteiger partial charge in [0.1, 0.15) is 5.75 Å². The lowest BCUT2D eigenvalue weighted by Gasteiger charge is -2.33. The number of hydrogen-bond acceptors (Lipinski definition) is 7. The predicted molar refractivity (Wildman–Crippen MR) is 112 cm³/mol. The van der Waals surface area contributed by atoms with Crippen LogP contribution in [0, 0.1) is 4.77 Å². The second-order valence-corrected chi connectivity index (χ2v) is 10.2. The number of benzene rings is 1. The Morgan fingerprint density at radius 3 is 2.21 bits per heavy atom. The van der Waals surface area contributed by atoms with E-state index in [-0.39, 0.29) is 10.4 Å². The fourth-order valence-corrected chi connectivity index (χ4v) is 4.94. The molecule has 9 nitrogen and oxygen atoms in total. The normalized spacial score (nSPS) is 16.8. The summed E-state index contributed by atoms with van der Waals surface area (Å²) < 4.78 is 36.7. The summed E-state index contributed by atoms with van der Waals surface area (Å²) in [6.45, 7) is 11.0. The van der Waals surface area contributed by atoms with Gasteiger partial charge in [-0.25, -0.2) is 17.8 Å². The zero-order valence-corrected chi connectivity index (χ0v) is 18.9. The summed E-state index contributed by atoms with van der Waals surface area (Å²) in [6, 6.07) is 6.56. The number of tetrazole rings is 1. The molecule has 0 radical (unpaired) electrons. The van der Waals surface area contributed by atoms with Crippen LogP contribution in [0.3, 0.4) is 0 Å². The lowest BCUT2D eigenvalue weighted by molar-refractivity contribution is 0.143. The third-order valence-corrected chi connectivity index (χ3v) is 7.01. The standard InChI is InChI=1S/C18H28N6O3S2/c1-5-27-15-6-8-16(9-7-15)29(25,26)22-12-10-21(11-13-22)14-23-17(28)24(20-19-23)18(2,3)4/h6-9H,5,10-14H2,1-4H3. The van der Waals surface area contributed by atoms with Crippen molar-refractivity contribution in [3.05, 3.63) is 29.0 Å². The van der Waals surface area contributed by atoms with Gasteiger partial charge < -0.3 is 4.74 Å². The molecule has 0 bridgehead atoms. The van der Waals surface area contributed by atoms with E-state index in [1.165, 1.54) is 4.31 Å². The van der Waals surface area contributed by atoms with E-state index in [2.05, 4.69) is 15.3 Å². The summed E-state index contributed by atoms with van der Waals surface area (Å²) in [5.41, 5.74) is -0.236. The first kappa shape index (κ1) is 21.9. The molecule has 1 saturated heterocycles. The Morgan fingerprint density at radius 1 is 1.07 bits per heavy atom. The number of sulfonamides is 1. The molecule has 1 aromatic heterocycles. The fraction of sp³-hybridized carbons (Fsp3) is 0.611. The molecular weight excluding hydrogens is 412 g/mol. The minimum atomic E-state index is -3.52. The molecule has 1 aliphatic heterocycles. The van der Waals surface area contributed by atoms with E-state index in [4.69, 9.17) is 17.0 Å². The Hall–Kier alpha value is -1.82. The SMILES string of the molecule is CCOc1ccc(S(=O)(=O)N2CCN(Cn3nnn(C(C)(C)C)c3=S)CC2)cc1. The quantitative estimate of drug-likeness (QED) is 0.635. The Balaban J connectivity index is 1.63. The minimum Gasteiger partial charge on any atom is -0.494 e. The van der Waals surface area contributed by atoms with Crippen LogP contribution in [0.1, 0.15) is 27.7 Å². The van der Waals surface area contributed by atoms with E-state index in [1.807, 2.05) is 27.7 Å². The second kappa shape index (κ2) is 8.50. The molecule has 2 heterocycles. The Labute approximate surface area is 176 Å². The second-order valence-electron chi connectivity index (χ2n) is 7.91. The molecule has 2 aromatic rings. The van der Waals surface area contributed by atoms with Gasteiger partial charge >= 0.3 is 0 Å². The van der Waals surface area contributed by atoms with E-state index in [9.17, 15) is 8.42 Å². The zero-order valence-electron chi connectivity index (χ0n) is 17.3. The van der Waals surface area contributed by atoms with Crippen LogP contribution in [-0.4, -0.2) is 70.2 Å². The molecule has 0 atom stereocenters. The van der Waals surface area contributed by atoms with Gasteiger partial charge in [0.2, 0.25) is 14.8 Å². The van der Waals surface area contributed by atoms with Crippen LogP contribution in [-0.2, 0) is 22.2 Å². The first-order valence-corrected chi connectivity index (χ1v) is 11.5. The topological polar surface area (TPSA) is 85.5 Å². The number of aromatic nitrogens is 4. The summed E-state index contributed by atoms with van der Waals surface area (Å²) in [5, 5.41) is 8.30. The number of hydrogen-bond donors (Lipinski definition) is 0. The van der Waals surface area contributed by atoms with Gasteiger partial charge in [-0.1, -0.05) is 0 Å². The number of piperazine rings is 1. The summed E-state index contributed by atoms with van der Waals surface area (Å²) >= 11 is 5.48. The average Bonchev–Trinajstić information content (AvgIpc) is 3.04. The molecule has 1 fully saturated rings. The Bertz CT molecular complexity index is 984. The predicted octanol–water partition coefficient (Wildman–Crippen LogP) is 1.93. The van der Waals surface area contributed by atoms with Crippen molar-refractivity contribution in [3.63, 3.8) is 0 Å². The summed E-state index contributed by atoms with van der Waals surface area (Å²) in [5.74, 6) is 0.663. The molecule has 3 rings (SSSR count). The van der Waals surface area contributed by atoms with Gasteiger partial charge in [-0.15, -0.1) is 0 Å². The van der Waals surface area contributed by atoms with Crippen molar-refractivity contribution in [2.45, 2.75) is 44.8 Å². The van der Waals surface area contributed by atoms with Crippen molar-refractivity contribution < 1.29 is 13.2 Å². The lowest BCUT2D eigenvalue weighted by atomic mass is 10.1. The van der Waals surface area contributed by atoms with Gasteiger partial charge in [0.25, 0.3) is 0 Å². The smallest absolute Gasteiger partial charge is 0.243 e. The highest BCUT2D eigenvalue weighted by atomic mass is 32.2. The molecule has 160 valence electrons. The van der Waals surface area contributed by atoms with Crippen LogP contribution < -0.4 is 4.74 Å². The lowest BCUT2D eigenvalue weighted by Crippen LogP contribution is -2.48. The van der Waals surface area contributed by atoms with Gasteiger partial charge in [0.05, 0.1) is 23.7 Å². The molecule has 1 aliphatic rings. The van der Waals surface area contributed by atoms with Crippen molar-refractivity contribution in [2.24, 2.45) is 0 Å². The van der Waals surface area contributed by atoms with Crippen LogP contribution >= 0.6 is 12.2 Å². The maximum Gasteiger partial charge on any atom is 0.243 e. The maximum absolute atomic E-state index is 12.9. The molecule has 0 saturated carbocycles. The van der Waals surface area contributed by atoms with E-state index in [0.29, 0.717) is 50.0 Å². The van der Waals surface area contributed by atoms with Crippen molar-refractivity contribution >= 4 is 22.2 Å². The van der Waals surface area contributed by atoms with Gasteiger partial charge in [0, 0.05) is 26.2 Å². The van der Waals surface area contributed by atoms with E-state index >= 15 is 0 Å². The molecular formula is C18H28N6O3S2. The third kappa shape index (κ3) is 4.85. The van der Waals surface area contributed by atoms with Gasteiger partial charge in [-0.2, -0.15) is 4.31 Å². The van der Waals surface area contributed by atoms with Gasteiger partial charge in [-0.3, -0.25) is 4.90 Å². The molecule has 1 aromatic carbocycles. The van der Waals surface area contributed by atoms with Gasteiger partial charge in [0.15, 0.2) is 0 Å². The van der Waals surface area contributed by atoms with Crippen LogP contribution in [0.15, 0.2) is 29.2 Å². The summed E-state index contributed by atoms with van der Waals surface area (Å²) in [7, 11) is -3.52. The highest BCUT2D eigenvalue weighted by Crippen LogP contribution is 2.21.